The predicted octanol–water partition coefficient (Wildman–Crippen LogP) is 0.0904. The summed E-state index contributed by atoms with van der Waals surface area (Å²) in [7, 11) is 0. The Balaban J connectivity index is 1.67. The van der Waals surface area contributed by atoms with E-state index in [1.54, 1.807) is 0 Å². The molecule has 2 aliphatic heterocycles. The molecule has 1 aromatic carbocycles. The smallest absolute Gasteiger partial charge is 0.339 e. The lowest BCUT2D eigenvalue weighted by Crippen LogP contribution is -2.63. The maximum absolute atomic E-state index is 14.7. The SMILES string of the molecule is O=C(O)CC(O)(C(=O)O)[C@H](C(=O)O)N(Cc1c(F)cc(F)cc1F)C(=O)c1cn2c(c(O)c1=O)C(=O)N1[C@H]3CCC(C3)O[C@@H]1C2. The van der Waals surface area contributed by atoms with Crippen LogP contribution < -0.4 is 5.43 Å². The summed E-state index contributed by atoms with van der Waals surface area (Å²) in [4.78, 5) is 77.7. The standard InChI is InChI=1S/C27H24F3N3O12/c28-10-3-15(29)13(16(30)4-10)8-32(22(25(40)41)27(44,26(42)43)6-18(34)35)23(38)14-7-31-9-17-33(11-1-2-12(5-11)45-17)24(39)19(31)21(37)20(14)36/h3-4,7,11-12,17,22,37,44H,1-2,5-6,8-9H2,(H,34,35)(H,40,41)(H,42,43)/t11-,12?,17+,22-,27?/m0/s1. The number of amides is 2. The molecular formula is C27H24F3N3O12. The van der Waals surface area contributed by atoms with E-state index in [4.69, 9.17) is 4.74 Å². The highest BCUT2D eigenvalue weighted by atomic mass is 19.1. The lowest BCUT2D eigenvalue weighted by atomic mass is 9.88. The van der Waals surface area contributed by atoms with Gasteiger partial charge in [-0.2, -0.15) is 0 Å². The van der Waals surface area contributed by atoms with E-state index >= 15 is 0 Å². The number of halogens is 3. The number of aliphatic hydroxyl groups is 1. The summed E-state index contributed by atoms with van der Waals surface area (Å²) in [5, 5.41) is 50.6. The molecule has 0 radical (unpaired) electrons. The number of hydrogen-bond donors (Lipinski definition) is 5. The van der Waals surface area contributed by atoms with E-state index in [0.717, 1.165) is 10.8 Å². The van der Waals surface area contributed by atoms with Gasteiger partial charge >= 0.3 is 17.9 Å². The first-order chi connectivity index (χ1) is 21.0. The van der Waals surface area contributed by atoms with Gasteiger partial charge in [-0.3, -0.25) is 19.2 Å². The number of benzene rings is 1. The van der Waals surface area contributed by atoms with Crippen molar-refractivity contribution in [2.45, 2.75) is 68.8 Å². The second-order valence-electron chi connectivity index (χ2n) is 10.9. The van der Waals surface area contributed by atoms with Crippen molar-refractivity contribution in [1.29, 1.82) is 0 Å². The molecule has 2 fully saturated rings. The van der Waals surface area contributed by atoms with E-state index in [1.807, 2.05) is 0 Å². The molecule has 2 unspecified atom stereocenters. The Kier molecular flexibility index (Phi) is 7.82. The van der Waals surface area contributed by atoms with Crippen LogP contribution >= 0.6 is 0 Å². The van der Waals surface area contributed by atoms with Crippen LogP contribution in [0, 0.1) is 17.5 Å². The minimum absolute atomic E-state index is 0.145. The van der Waals surface area contributed by atoms with Crippen molar-refractivity contribution in [1.82, 2.24) is 14.4 Å². The Hall–Kier alpha value is -4.97. The molecule has 240 valence electrons. The average molecular weight is 639 g/mol. The number of nitrogens with zero attached hydrogens (tertiary/aromatic N) is 3. The number of aliphatic carboxylic acids is 3. The maximum Gasteiger partial charge on any atom is 0.339 e. The largest absolute Gasteiger partial charge is 0.503 e. The highest BCUT2D eigenvalue weighted by Crippen LogP contribution is 2.39. The monoisotopic (exact) mass is 639 g/mol. The van der Waals surface area contributed by atoms with Gasteiger partial charge in [-0.25, -0.2) is 22.8 Å². The highest BCUT2D eigenvalue weighted by Gasteiger charge is 2.55. The number of carboxylic acids is 3. The van der Waals surface area contributed by atoms with Crippen molar-refractivity contribution in [3.05, 3.63) is 62.8 Å². The predicted molar refractivity (Wildman–Crippen MR) is 137 cm³/mol. The normalized spacial score (nSPS) is 22.2. The first-order valence-electron chi connectivity index (χ1n) is 13.3. The molecule has 2 aromatic rings. The van der Waals surface area contributed by atoms with Crippen molar-refractivity contribution < 1.29 is 67.4 Å². The zero-order valence-electron chi connectivity index (χ0n) is 22.9. The summed E-state index contributed by atoms with van der Waals surface area (Å²) in [5.74, 6) is -15.6. The van der Waals surface area contributed by atoms with E-state index in [-0.39, 0.29) is 35.7 Å². The Bertz CT molecular complexity index is 1690. The second-order valence-corrected chi connectivity index (χ2v) is 10.9. The van der Waals surface area contributed by atoms with E-state index in [2.05, 4.69) is 0 Å². The van der Waals surface area contributed by atoms with Gasteiger partial charge in [-0.05, 0) is 19.3 Å². The topological polar surface area (TPSA) is 224 Å². The van der Waals surface area contributed by atoms with Crippen LogP contribution in [0.5, 0.6) is 5.75 Å². The molecule has 3 aliphatic rings. The molecule has 18 heteroatoms. The number of aromatic nitrogens is 1. The third-order valence-corrected chi connectivity index (χ3v) is 8.17. The molecule has 2 amide bonds. The van der Waals surface area contributed by atoms with E-state index in [0.29, 0.717) is 19.3 Å². The van der Waals surface area contributed by atoms with Gasteiger partial charge in [-0.1, -0.05) is 0 Å². The van der Waals surface area contributed by atoms with Crippen molar-refractivity contribution in [3.63, 3.8) is 0 Å². The van der Waals surface area contributed by atoms with Crippen molar-refractivity contribution in [2.75, 3.05) is 0 Å². The van der Waals surface area contributed by atoms with Gasteiger partial charge in [-0.15, -0.1) is 0 Å². The number of hydrogen-bond acceptors (Lipinski definition) is 9. The zero-order chi connectivity index (χ0) is 33.1. The minimum Gasteiger partial charge on any atom is -0.503 e. The van der Waals surface area contributed by atoms with Crippen LogP contribution in [0.1, 0.15) is 52.1 Å². The minimum atomic E-state index is -3.86. The maximum atomic E-state index is 14.7. The molecule has 1 aromatic heterocycles. The summed E-state index contributed by atoms with van der Waals surface area (Å²) in [6, 6.07) is -3.10. The van der Waals surface area contributed by atoms with Crippen LogP contribution in [-0.2, 0) is 32.2 Å². The number of aromatic hydroxyl groups is 1. The van der Waals surface area contributed by atoms with Crippen LogP contribution in [0.25, 0.3) is 0 Å². The molecule has 0 spiro atoms. The van der Waals surface area contributed by atoms with Crippen molar-refractivity contribution in [3.8, 4) is 5.75 Å². The highest BCUT2D eigenvalue weighted by molar-refractivity contribution is 6.02. The fourth-order valence-electron chi connectivity index (χ4n) is 6.15. The van der Waals surface area contributed by atoms with Gasteiger partial charge < -0.3 is 44.6 Å². The van der Waals surface area contributed by atoms with Gasteiger partial charge in [0.1, 0.15) is 23.0 Å². The fraction of sp³-hybridized carbons (Fsp3) is 0.407. The summed E-state index contributed by atoms with van der Waals surface area (Å²) < 4.78 is 49.9. The van der Waals surface area contributed by atoms with Gasteiger partial charge in [0.2, 0.25) is 11.0 Å². The van der Waals surface area contributed by atoms with Gasteiger partial charge in [0.25, 0.3) is 11.8 Å². The van der Waals surface area contributed by atoms with Crippen LogP contribution in [0.4, 0.5) is 13.2 Å². The lowest BCUT2D eigenvalue weighted by Gasteiger charge is -2.44. The number of carbonyl (C=O) groups is 5. The second kappa shape index (κ2) is 11.2. The third-order valence-electron chi connectivity index (χ3n) is 8.17. The molecule has 1 saturated heterocycles. The number of carbonyl (C=O) groups excluding carboxylic acids is 2. The van der Waals surface area contributed by atoms with E-state index < -0.39 is 106 Å². The average Bonchev–Trinajstić information content (AvgIpc) is 3.30. The third kappa shape index (κ3) is 5.24. The van der Waals surface area contributed by atoms with Crippen LogP contribution in [0.3, 0.4) is 0 Å². The van der Waals surface area contributed by atoms with Gasteiger partial charge in [0.05, 0.1) is 25.6 Å². The molecule has 5 atom stereocenters. The fourth-order valence-corrected chi connectivity index (χ4v) is 6.15. The first kappa shape index (κ1) is 31.5. The van der Waals surface area contributed by atoms with Crippen LogP contribution in [0.2, 0.25) is 0 Å². The summed E-state index contributed by atoms with van der Waals surface area (Å²) in [6.45, 7) is -1.81. The van der Waals surface area contributed by atoms with Crippen molar-refractivity contribution in [2.24, 2.45) is 0 Å². The molecule has 15 nitrogen and oxygen atoms in total. The molecule has 3 heterocycles. The number of rotatable bonds is 9. The Morgan fingerprint density at radius 2 is 1.71 bits per heavy atom. The number of carboxylic acid groups (broad SMARTS) is 3. The Labute approximate surface area is 249 Å². The molecular weight excluding hydrogens is 615 g/mol. The quantitative estimate of drug-likeness (QED) is 0.246. The van der Waals surface area contributed by atoms with Gasteiger partial charge in [0.15, 0.2) is 23.7 Å². The number of pyridine rings is 1. The Morgan fingerprint density at radius 1 is 1.07 bits per heavy atom. The summed E-state index contributed by atoms with van der Waals surface area (Å²) in [6.07, 6.45) is -0.450. The molecule has 1 saturated carbocycles. The van der Waals surface area contributed by atoms with E-state index in [9.17, 15) is 67.5 Å². The zero-order valence-corrected chi connectivity index (χ0v) is 22.9. The summed E-state index contributed by atoms with van der Waals surface area (Å²) >= 11 is 0. The first-order valence-corrected chi connectivity index (χ1v) is 13.3. The molecule has 5 N–H and O–H groups in total. The molecule has 1 aliphatic carbocycles. The van der Waals surface area contributed by atoms with Crippen molar-refractivity contribution >= 4 is 29.7 Å². The molecule has 2 bridgehead atoms. The molecule has 5 rings (SSSR count). The Morgan fingerprint density at radius 3 is 2.29 bits per heavy atom. The van der Waals surface area contributed by atoms with Crippen LogP contribution in [-0.4, -0.2) is 99.6 Å². The van der Waals surface area contributed by atoms with Gasteiger partial charge in [0, 0.05) is 29.9 Å². The number of fused-ring (bicyclic) bond motifs is 5. The van der Waals surface area contributed by atoms with E-state index in [1.165, 1.54) is 4.90 Å². The van der Waals surface area contributed by atoms with Crippen LogP contribution in [0.15, 0.2) is 23.1 Å². The molecule has 45 heavy (non-hydrogen) atoms. The lowest BCUT2D eigenvalue weighted by molar-refractivity contribution is -0.180. The summed E-state index contributed by atoms with van der Waals surface area (Å²) in [5.41, 5.74) is -8.36. The number of ether oxygens (including phenoxy) is 1.